The van der Waals surface area contributed by atoms with E-state index in [1.54, 1.807) is 0 Å². The second-order valence-corrected chi connectivity index (χ2v) is 6.66. The third kappa shape index (κ3) is 6.02. The fraction of sp³-hybridized carbons (Fsp3) is 0.217. The van der Waals surface area contributed by atoms with Crippen molar-refractivity contribution in [2.45, 2.75) is 26.6 Å². The smallest absolute Gasteiger partial charge is 0.161 e. The van der Waals surface area contributed by atoms with E-state index in [-0.39, 0.29) is 0 Å². The Morgan fingerprint density at radius 1 is 0.741 bits per heavy atom. The van der Waals surface area contributed by atoms with E-state index in [0.717, 1.165) is 35.7 Å². The summed E-state index contributed by atoms with van der Waals surface area (Å²) in [6, 6.07) is 24.1. The molecule has 27 heavy (non-hydrogen) atoms. The van der Waals surface area contributed by atoms with Gasteiger partial charge in [-0.2, -0.15) is 0 Å². The van der Waals surface area contributed by atoms with Gasteiger partial charge in [-0.05, 0) is 47.9 Å². The monoisotopic (exact) mass is 381 g/mol. The van der Waals surface area contributed by atoms with Gasteiger partial charge in [0.05, 0.1) is 6.61 Å². The highest BCUT2D eigenvalue weighted by atomic mass is 35.5. The Labute approximate surface area is 165 Å². The summed E-state index contributed by atoms with van der Waals surface area (Å²) < 4.78 is 11.7. The van der Waals surface area contributed by atoms with E-state index >= 15 is 0 Å². The minimum Gasteiger partial charge on any atom is -0.490 e. The first-order valence-electron chi connectivity index (χ1n) is 9.12. The van der Waals surface area contributed by atoms with Gasteiger partial charge in [0, 0.05) is 18.1 Å². The van der Waals surface area contributed by atoms with Crippen LogP contribution in [0.3, 0.4) is 0 Å². The van der Waals surface area contributed by atoms with Gasteiger partial charge in [0.2, 0.25) is 0 Å². The van der Waals surface area contributed by atoms with Crippen LogP contribution in [-0.4, -0.2) is 6.61 Å². The van der Waals surface area contributed by atoms with E-state index in [4.69, 9.17) is 21.1 Å². The molecule has 0 unspecified atom stereocenters. The summed E-state index contributed by atoms with van der Waals surface area (Å²) in [6.07, 6.45) is 0. The zero-order valence-electron chi connectivity index (χ0n) is 15.5. The van der Waals surface area contributed by atoms with Crippen molar-refractivity contribution in [2.75, 3.05) is 6.61 Å². The summed E-state index contributed by atoms with van der Waals surface area (Å²) in [5.41, 5.74) is 3.45. The lowest BCUT2D eigenvalue weighted by atomic mass is 10.2. The normalized spacial score (nSPS) is 10.6. The first-order chi connectivity index (χ1) is 13.2. The molecular formula is C23H24ClNO2. The number of benzene rings is 3. The summed E-state index contributed by atoms with van der Waals surface area (Å²) in [5.74, 6) is 1.50. The molecule has 0 aromatic heterocycles. The number of hydrogen-bond donors (Lipinski definition) is 1. The molecule has 0 aliphatic heterocycles. The zero-order chi connectivity index (χ0) is 18.9. The van der Waals surface area contributed by atoms with Crippen LogP contribution >= 0.6 is 11.6 Å². The Balaban J connectivity index is 1.61. The van der Waals surface area contributed by atoms with Gasteiger partial charge in [0.25, 0.3) is 0 Å². The fourth-order valence-corrected chi connectivity index (χ4v) is 3.00. The van der Waals surface area contributed by atoms with Crippen molar-refractivity contribution in [3.8, 4) is 11.5 Å². The number of hydrogen-bond acceptors (Lipinski definition) is 3. The average Bonchev–Trinajstić information content (AvgIpc) is 2.68. The zero-order valence-corrected chi connectivity index (χ0v) is 16.2. The topological polar surface area (TPSA) is 30.5 Å². The van der Waals surface area contributed by atoms with Crippen molar-refractivity contribution in [3.63, 3.8) is 0 Å². The summed E-state index contributed by atoms with van der Waals surface area (Å²) >= 11 is 6.03. The molecule has 140 valence electrons. The minimum atomic E-state index is 0.451. The Bertz CT molecular complexity index is 852. The highest BCUT2D eigenvalue weighted by Crippen LogP contribution is 2.29. The number of halogens is 1. The third-order valence-electron chi connectivity index (χ3n) is 4.09. The second-order valence-electron chi connectivity index (χ2n) is 6.22. The summed E-state index contributed by atoms with van der Waals surface area (Å²) in [4.78, 5) is 0. The summed E-state index contributed by atoms with van der Waals surface area (Å²) in [6.45, 7) is 4.61. The molecule has 3 rings (SSSR count). The molecule has 0 aliphatic rings. The highest BCUT2D eigenvalue weighted by Gasteiger charge is 2.07. The van der Waals surface area contributed by atoms with Crippen molar-refractivity contribution < 1.29 is 9.47 Å². The second kappa shape index (κ2) is 10.0. The molecular weight excluding hydrogens is 358 g/mol. The largest absolute Gasteiger partial charge is 0.490 e. The van der Waals surface area contributed by atoms with E-state index < -0.39 is 0 Å². The first-order valence-corrected chi connectivity index (χ1v) is 9.50. The molecule has 3 aromatic rings. The molecule has 0 amide bonds. The lowest BCUT2D eigenvalue weighted by Crippen LogP contribution is -2.12. The maximum absolute atomic E-state index is 6.03. The first kappa shape index (κ1) is 19.3. The van der Waals surface area contributed by atoms with Crippen LogP contribution in [0.1, 0.15) is 23.6 Å². The van der Waals surface area contributed by atoms with Crippen LogP contribution in [0, 0.1) is 0 Å². The van der Waals surface area contributed by atoms with Crippen LogP contribution in [0.5, 0.6) is 11.5 Å². The Hall–Kier alpha value is -2.49. The molecule has 0 spiro atoms. The molecule has 0 bridgehead atoms. The lowest BCUT2D eigenvalue weighted by molar-refractivity contribution is 0.269. The van der Waals surface area contributed by atoms with Gasteiger partial charge in [-0.15, -0.1) is 0 Å². The van der Waals surface area contributed by atoms with Gasteiger partial charge in [0.1, 0.15) is 6.61 Å². The highest BCUT2D eigenvalue weighted by molar-refractivity contribution is 6.30. The van der Waals surface area contributed by atoms with Gasteiger partial charge in [-0.1, -0.05) is 60.1 Å². The van der Waals surface area contributed by atoms with Crippen molar-refractivity contribution >= 4 is 11.6 Å². The Kier molecular flexibility index (Phi) is 7.14. The van der Waals surface area contributed by atoms with Gasteiger partial charge in [0.15, 0.2) is 11.5 Å². The van der Waals surface area contributed by atoms with Gasteiger partial charge in [-0.25, -0.2) is 0 Å². The molecule has 0 atom stereocenters. The standard InChI is InChI=1S/C23H24ClNO2/c1-2-26-23-14-19(16-25-15-18-7-4-3-5-8-18)11-12-22(23)27-17-20-9-6-10-21(24)13-20/h3-14,25H,2,15-17H2,1H3. The third-order valence-corrected chi connectivity index (χ3v) is 4.33. The Morgan fingerprint density at radius 3 is 2.30 bits per heavy atom. The van der Waals surface area contributed by atoms with E-state index in [0.29, 0.717) is 18.2 Å². The molecule has 0 radical (unpaired) electrons. The molecule has 0 aliphatic carbocycles. The van der Waals surface area contributed by atoms with Crippen molar-refractivity contribution in [1.29, 1.82) is 0 Å². The van der Waals surface area contributed by atoms with Crippen LogP contribution in [0.4, 0.5) is 0 Å². The summed E-state index contributed by atoms with van der Waals surface area (Å²) in [7, 11) is 0. The lowest BCUT2D eigenvalue weighted by Gasteiger charge is -2.14. The summed E-state index contributed by atoms with van der Waals surface area (Å²) in [5, 5.41) is 4.17. The maximum Gasteiger partial charge on any atom is 0.161 e. The average molecular weight is 382 g/mol. The van der Waals surface area contributed by atoms with E-state index in [1.807, 2.05) is 49.4 Å². The number of nitrogens with one attached hydrogen (secondary N) is 1. The predicted octanol–water partition coefficient (Wildman–Crippen LogP) is 5.61. The van der Waals surface area contributed by atoms with Crippen molar-refractivity contribution in [3.05, 3.63) is 94.5 Å². The number of ether oxygens (including phenoxy) is 2. The molecule has 4 heteroatoms. The molecule has 3 nitrogen and oxygen atoms in total. The minimum absolute atomic E-state index is 0.451. The van der Waals surface area contributed by atoms with E-state index in [1.165, 1.54) is 5.56 Å². The van der Waals surface area contributed by atoms with Gasteiger partial charge < -0.3 is 14.8 Å². The maximum atomic E-state index is 6.03. The van der Waals surface area contributed by atoms with Crippen molar-refractivity contribution in [2.24, 2.45) is 0 Å². The van der Waals surface area contributed by atoms with E-state index in [2.05, 4.69) is 35.6 Å². The van der Waals surface area contributed by atoms with Crippen LogP contribution < -0.4 is 14.8 Å². The van der Waals surface area contributed by atoms with Crippen LogP contribution in [0.15, 0.2) is 72.8 Å². The molecule has 0 fully saturated rings. The predicted molar refractivity (Wildman–Crippen MR) is 110 cm³/mol. The molecule has 1 N–H and O–H groups in total. The SMILES string of the molecule is CCOc1cc(CNCc2ccccc2)ccc1OCc1cccc(Cl)c1. The quantitative estimate of drug-likeness (QED) is 0.522. The van der Waals surface area contributed by atoms with E-state index in [9.17, 15) is 0 Å². The van der Waals surface area contributed by atoms with Crippen LogP contribution in [0.25, 0.3) is 0 Å². The molecule has 0 saturated heterocycles. The fourth-order valence-electron chi connectivity index (χ4n) is 2.78. The number of rotatable bonds is 9. The molecule has 0 saturated carbocycles. The van der Waals surface area contributed by atoms with Gasteiger partial charge >= 0.3 is 0 Å². The van der Waals surface area contributed by atoms with Crippen LogP contribution in [-0.2, 0) is 19.7 Å². The van der Waals surface area contributed by atoms with Crippen LogP contribution in [0.2, 0.25) is 5.02 Å². The molecule has 3 aromatic carbocycles. The Morgan fingerprint density at radius 2 is 1.52 bits per heavy atom. The van der Waals surface area contributed by atoms with Gasteiger partial charge in [-0.3, -0.25) is 0 Å². The van der Waals surface area contributed by atoms with Crippen molar-refractivity contribution in [1.82, 2.24) is 5.32 Å². The molecule has 0 heterocycles.